The highest BCUT2D eigenvalue weighted by atomic mass is 19.4. The molecule has 5 rings (SSSR count). The van der Waals surface area contributed by atoms with E-state index in [1.807, 2.05) is 30.3 Å². The van der Waals surface area contributed by atoms with Gasteiger partial charge >= 0.3 is 6.18 Å². The predicted molar refractivity (Wildman–Crippen MR) is 151 cm³/mol. The normalized spacial score (nSPS) is 15.1. The first kappa shape index (κ1) is 28.1. The Morgan fingerprint density at radius 3 is 2.29 bits per heavy atom. The van der Waals surface area contributed by atoms with E-state index in [0.29, 0.717) is 11.5 Å². The first-order valence-corrected chi connectivity index (χ1v) is 13.2. The second-order valence-corrected chi connectivity index (χ2v) is 10.1. The fraction of sp³-hybridized carbons (Fsp3) is 0.200. The number of halogens is 6. The van der Waals surface area contributed by atoms with Crippen LogP contribution in [0.3, 0.4) is 0 Å². The summed E-state index contributed by atoms with van der Waals surface area (Å²) in [5.74, 6) is 4.83. The number of rotatable bonds is 4. The van der Waals surface area contributed by atoms with Crippen LogP contribution >= 0.6 is 0 Å². The van der Waals surface area contributed by atoms with Crippen LogP contribution in [-0.2, 0) is 0 Å². The van der Waals surface area contributed by atoms with E-state index in [1.165, 1.54) is 36.0 Å². The standard InChI is InChI=1S/C35H24F6/c1-2-3-4-22-7-10-25(11-8-22)27-14-13-26-17-23(9-12-28(26)20-27)5-6-24-18-29-21-31(36)30(15-16-35(39,40)41)34(38)33(29)32(37)19-24/h2,9-10,12-14,17-22H,1,3-4,7-8,11H2. The number of hydrogen-bond donors (Lipinski definition) is 0. The molecule has 6 heteroatoms. The largest absolute Gasteiger partial charge is 0.458 e. The van der Waals surface area contributed by atoms with Gasteiger partial charge in [-0.3, -0.25) is 0 Å². The van der Waals surface area contributed by atoms with E-state index in [-0.39, 0.29) is 10.9 Å². The molecule has 206 valence electrons. The van der Waals surface area contributed by atoms with E-state index >= 15 is 0 Å². The Morgan fingerprint density at radius 1 is 0.829 bits per heavy atom. The van der Waals surface area contributed by atoms with Crippen molar-refractivity contribution in [3.8, 4) is 23.7 Å². The van der Waals surface area contributed by atoms with E-state index in [0.717, 1.165) is 48.1 Å². The zero-order valence-electron chi connectivity index (χ0n) is 21.9. The molecule has 0 bridgehead atoms. The highest BCUT2D eigenvalue weighted by Crippen LogP contribution is 2.34. The second-order valence-electron chi connectivity index (χ2n) is 10.1. The third kappa shape index (κ3) is 6.50. The summed E-state index contributed by atoms with van der Waals surface area (Å²) >= 11 is 0. The molecule has 1 atom stereocenters. The van der Waals surface area contributed by atoms with Crippen molar-refractivity contribution in [2.45, 2.75) is 38.3 Å². The minimum absolute atomic E-state index is 0.161. The molecule has 4 aromatic carbocycles. The molecule has 1 aliphatic carbocycles. The molecule has 0 heterocycles. The van der Waals surface area contributed by atoms with Crippen LogP contribution in [0.25, 0.3) is 27.1 Å². The summed E-state index contributed by atoms with van der Waals surface area (Å²) in [5, 5.41) is 1.24. The number of benzene rings is 4. The van der Waals surface area contributed by atoms with Crippen molar-refractivity contribution in [1.29, 1.82) is 0 Å². The molecular formula is C35H24F6. The Balaban J connectivity index is 1.39. The SMILES string of the molecule is C=CCCC1CC=C(c2ccc3cc(C#Cc4cc(F)c5c(F)c(C#CC(F)(F)F)c(F)cc5c4)ccc3c2)CC1. The van der Waals surface area contributed by atoms with Crippen molar-refractivity contribution in [2.24, 2.45) is 5.92 Å². The number of fused-ring (bicyclic) bond motifs is 2. The summed E-state index contributed by atoms with van der Waals surface area (Å²) < 4.78 is 81.0. The Bertz CT molecular complexity index is 1820. The molecule has 4 aromatic rings. The van der Waals surface area contributed by atoms with Gasteiger partial charge in [0.05, 0.1) is 10.9 Å². The number of hydrogen-bond acceptors (Lipinski definition) is 0. The maximum absolute atomic E-state index is 14.8. The van der Waals surface area contributed by atoms with Crippen LogP contribution in [0.2, 0.25) is 0 Å². The Labute approximate surface area is 234 Å². The third-order valence-corrected chi connectivity index (χ3v) is 7.27. The van der Waals surface area contributed by atoms with Gasteiger partial charge in [0.2, 0.25) is 0 Å². The monoisotopic (exact) mass is 558 g/mol. The molecule has 0 N–H and O–H groups in total. The van der Waals surface area contributed by atoms with Crippen molar-refractivity contribution in [3.05, 3.63) is 113 Å². The minimum Gasteiger partial charge on any atom is -0.206 e. The van der Waals surface area contributed by atoms with Gasteiger partial charge in [0.15, 0.2) is 5.82 Å². The Kier molecular flexibility index (Phi) is 7.95. The zero-order chi connectivity index (χ0) is 29.1. The van der Waals surface area contributed by atoms with Crippen molar-refractivity contribution >= 4 is 27.1 Å². The zero-order valence-corrected chi connectivity index (χ0v) is 21.9. The van der Waals surface area contributed by atoms with Crippen molar-refractivity contribution in [2.75, 3.05) is 0 Å². The highest BCUT2D eigenvalue weighted by Gasteiger charge is 2.24. The van der Waals surface area contributed by atoms with Crippen LogP contribution in [-0.4, -0.2) is 6.18 Å². The highest BCUT2D eigenvalue weighted by molar-refractivity contribution is 5.88. The predicted octanol–water partition coefficient (Wildman–Crippen LogP) is 9.87. The lowest BCUT2D eigenvalue weighted by Crippen LogP contribution is -2.05. The fourth-order valence-electron chi connectivity index (χ4n) is 5.17. The molecule has 0 aromatic heterocycles. The Morgan fingerprint density at radius 2 is 1.56 bits per heavy atom. The van der Waals surface area contributed by atoms with Gasteiger partial charge in [-0.2, -0.15) is 13.2 Å². The van der Waals surface area contributed by atoms with Gasteiger partial charge in [-0.15, -0.1) is 6.58 Å². The Hall–Kier alpha value is -4.42. The lowest BCUT2D eigenvalue weighted by Gasteiger charge is -2.22. The van der Waals surface area contributed by atoms with E-state index < -0.39 is 34.6 Å². The second kappa shape index (κ2) is 11.6. The fourth-order valence-corrected chi connectivity index (χ4v) is 5.17. The van der Waals surface area contributed by atoms with Gasteiger partial charge in [0, 0.05) is 17.0 Å². The van der Waals surface area contributed by atoms with Crippen molar-refractivity contribution < 1.29 is 26.3 Å². The summed E-state index contributed by atoms with van der Waals surface area (Å²) in [6.07, 6.45) is 4.90. The average Bonchev–Trinajstić information content (AvgIpc) is 2.93. The minimum atomic E-state index is -4.95. The molecule has 1 unspecified atom stereocenters. The molecule has 0 saturated heterocycles. The lowest BCUT2D eigenvalue weighted by atomic mass is 9.84. The molecule has 0 saturated carbocycles. The van der Waals surface area contributed by atoms with Gasteiger partial charge in [-0.05, 0) is 102 Å². The summed E-state index contributed by atoms with van der Waals surface area (Å²) in [6, 6.07) is 15.0. The van der Waals surface area contributed by atoms with Crippen molar-refractivity contribution in [3.63, 3.8) is 0 Å². The van der Waals surface area contributed by atoms with Crippen LogP contribution < -0.4 is 0 Å². The summed E-state index contributed by atoms with van der Waals surface area (Å²) in [7, 11) is 0. The van der Waals surface area contributed by atoms with Crippen LogP contribution in [0, 0.1) is 47.1 Å². The van der Waals surface area contributed by atoms with Gasteiger partial charge in [0.25, 0.3) is 0 Å². The van der Waals surface area contributed by atoms with Crippen LogP contribution in [0.15, 0.2) is 73.3 Å². The summed E-state index contributed by atoms with van der Waals surface area (Å²) in [6.45, 7) is 3.81. The summed E-state index contributed by atoms with van der Waals surface area (Å²) in [5.41, 5.74) is 2.25. The lowest BCUT2D eigenvalue weighted by molar-refractivity contribution is -0.0696. The molecule has 0 radical (unpaired) electrons. The van der Waals surface area contributed by atoms with Crippen LogP contribution in [0.4, 0.5) is 26.3 Å². The molecule has 0 aliphatic heterocycles. The van der Waals surface area contributed by atoms with E-state index in [2.05, 4.69) is 36.6 Å². The number of allylic oxidation sites excluding steroid dienone is 3. The first-order chi connectivity index (χ1) is 19.6. The molecule has 0 nitrogen and oxygen atoms in total. The number of alkyl halides is 3. The smallest absolute Gasteiger partial charge is 0.206 e. The molecule has 0 fully saturated rings. The van der Waals surface area contributed by atoms with Gasteiger partial charge in [-0.25, -0.2) is 13.2 Å². The topological polar surface area (TPSA) is 0 Å². The molecule has 0 spiro atoms. The molecule has 0 amide bonds. The first-order valence-electron chi connectivity index (χ1n) is 13.2. The maximum Gasteiger partial charge on any atom is 0.458 e. The van der Waals surface area contributed by atoms with Gasteiger partial charge < -0.3 is 0 Å². The van der Waals surface area contributed by atoms with Gasteiger partial charge in [-0.1, -0.05) is 48.1 Å². The van der Waals surface area contributed by atoms with E-state index in [1.54, 1.807) is 0 Å². The van der Waals surface area contributed by atoms with Crippen LogP contribution in [0.1, 0.15) is 54.4 Å². The molecule has 1 aliphatic rings. The quantitative estimate of drug-likeness (QED) is 0.133. The summed E-state index contributed by atoms with van der Waals surface area (Å²) in [4.78, 5) is 0. The van der Waals surface area contributed by atoms with Crippen molar-refractivity contribution in [1.82, 2.24) is 0 Å². The molecular weight excluding hydrogens is 534 g/mol. The maximum atomic E-state index is 14.8. The van der Waals surface area contributed by atoms with E-state index in [4.69, 9.17) is 0 Å². The van der Waals surface area contributed by atoms with Gasteiger partial charge in [0.1, 0.15) is 11.6 Å². The molecule has 41 heavy (non-hydrogen) atoms. The third-order valence-electron chi connectivity index (χ3n) is 7.27. The van der Waals surface area contributed by atoms with E-state index in [9.17, 15) is 26.3 Å². The average molecular weight is 559 g/mol. The van der Waals surface area contributed by atoms with Crippen LogP contribution in [0.5, 0.6) is 0 Å².